The molecule has 0 heterocycles. The number of hydrogen-bond acceptors (Lipinski definition) is 3. The van der Waals surface area contributed by atoms with E-state index in [1.54, 1.807) is 12.1 Å². The van der Waals surface area contributed by atoms with Gasteiger partial charge in [0.05, 0.1) is 4.47 Å². The number of alkyl carbamates (subject to hydrolysis) is 1. The molecule has 24 heavy (non-hydrogen) atoms. The first-order valence-corrected chi connectivity index (χ1v) is 9.18. The summed E-state index contributed by atoms with van der Waals surface area (Å²) < 4.78 is 19.0. The molecule has 0 aromatic heterocycles. The Morgan fingerprint density at radius 1 is 1.38 bits per heavy atom. The lowest BCUT2D eigenvalue weighted by Crippen LogP contribution is -2.40. The zero-order valence-electron chi connectivity index (χ0n) is 14.5. The number of carbonyl (C=O) groups excluding carboxylic acids is 1. The summed E-state index contributed by atoms with van der Waals surface area (Å²) in [4.78, 5) is 11.8. The number of benzene rings is 1. The van der Waals surface area contributed by atoms with E-state index < -0.39 is 5.60 Å². The minimum Gasteiger partial charge on any atom is -0.444 e. The first kappa shape index (κ1) is 19.2. The van der Waals surface area contributed by atoms with Gasteiger partial charge in [-0.05, 0) is 73.2 Å². The summed E-state index contributed by atoms with van der Waals surface area (Å²) in [5.41, 5.74) is 0.557. The van der Waals surface area contributed by atoms with E-state index in [4.69, 9.17) is 4.74 Å². The Kier molecular flexibility index (Phi) is 6.63. The van der Waals surface area contributed by atoms with E-state index in [1.165, 1.54) is 6.07 Å². The second-order valence-electron chi connectivity index (χ2n) is 7.31. The molecule has 2 atom stereocenters. The van der Waals surface area contributed by atoms with Crippen molar-refractivity contribution in [2.45, 2.75) is 58.2 Å². The van der Waals surface area contributed by atoms with Gasteiger partial charge < -0.3 is 15.4 Å². The fourth-order valence-corrected chi connectivity index (χ4v) is 3.40. The smallest absolute Gasteiger partial charge is 0.407 e. The van der Waals surface area contributed by atoms with Gasteiger partial charge in [0.1, 0.15) is 11.4 Å². The third kappa shape index (κ3) is 6.06. The molecule has 6 heteroatoms. The average Bonchev–Trinajstić information content (AvgIpc) is 2.92. The van der Waals surface area contributed by atoms with Crippen molar-refractivity contribution in [3.8, 4) is 0 Å². The predicted octanol–water partition coefficient (Wildman–Crippen LogP) is 4.37. The fourth-order valence-electron chi connectivity index (χ4n) is 2.98. The molecule has 1 saturated carbocycles. The van der Waals surface area contributed by atoms with Gasteiger partial charge in [0.25, 0.3) is 0 Å². The van der Waals surface area contributed by atoms with E-state index in [0.29, 0.717) is 29.5 Å². The molecule has 0 radical (unpaired) electrons. The largest absolute Gasteiger partial charge is 0.444 e. The van der Waals surface area contributed by atoms with Crippen LogP contribution in [0, 0.1) is 11.7 Å². The molecule has 2 N–H and O–H groups in total. The Morgan fingerprint density at radius 3 is 2.79 bits per heavy atom. The molecule has 1 amide bonds. The minimum atomic E-state index is -0.479. The summed E-state index contributed by atoms with van der Waals surface area (Å²) in [5.74, 6) is 0.139. The van der Waals surface area contributed by atoms with E-state index in [-0.39, 0.29) is 11.9 Å². The van der Waals surface area contributed by atoms with Crippen LogP contribution in [-0.4, -0.2) is 24.3 Å². The van der Waals surface area contributed by atoms with Crippen LogP contribution in [-0.2, 0) is 11.3 Å². The Hall–Kier alpha value is -1.14. The van der Waals surface area contributed by atoms with Crippen molar-refractivity contribution in [1.82, 2.24) is 10.6 Å². The normalized spacial score (nSPS) is 20.9. The minimum absolute atomic E-state index is 0.251. The van der Waals surface area contributed by atoms with Crippen LogP contribution in [0.15, 0.2) is 22.7 Å². The van der Waals surface area contributed by atoms with Crippen molar-refractivity contribution in [2.24, 2.45) is 5.92 Å². The zero-order valence-corrected chi connectivity index (χ0v) is 16.1. The Morgan fingerprint density at radius 2 is 2.12 bits per heavy atom. The highest BCUT2D eigenvalue weighted by molar-refractivity contribution is 9.10. The summed E-state index contributed by atoms with van der Waals surface area (Å²) in [7, 11) is 0. The predicted molar refractivity (Wildman–Crippen MR) is 96.3 cm³/mol. The van der Waals surface area contributed by atoms with E-state index in [2.05, 4.69) is 26.6 Å². The van der Waals surface area contributed by atoms with Crippen LogP contribution < -0.4 is 10.6 Å². The molecule has 1 aliphatic rings. The van der Waals surface area contributed by atoms with Gasteiger partial charge in [-0.1, -0.05) is 12.5 Å². The molecule has 134 valence electrons. The highest BCUT2D eigenvalue weighted by Gasteiger charge is 2.27. The Labute approximate surface area is 151 Å². The second kappa shape index (κ2) is 8.30. The molecule has 2 unspecified atom stereocenters. The van der Waals surface area contributed by atoms with Crippen molar-refractivity contribution < 1.29 is 13.9 Å². The van der Waals surface area contributed by atoms with Crippen molar-refractivity contribution in [3.63, 3.8) is 0 Å². The van der Waals surface area contributed by atoms with Gasteiger partial charge in [0, 0.05) is 19.1 Å². The van der Waals surface area contributed by atoms with Crippen LogP contribution in [0.5, 0.6) is 0 Å². The van der Waals surface area contributed by atoms with Gasteiger partial charge in [0.15, 0.2) is 0 Å². The van der Waals surface area contributed by atoms with Crippen LogP contribution in [0.25, 0.3) is 0 Å². The topological polar surface area (TPSA) is 50.4 Å². The van der Waals surface area contributed by atoms with Gasteiger partial charge >= 0.3 is 6.09 Å². The molecule has 0 spiro atoms. The maximum Gasteiger partial charge on any atom is 0.407 e. The quantitative estimate of drug-likeness (QED) is 0.771. The van der Waals surface area contributed by atoms with Gasteiger partial charge in [0.2, 0.25) is 0 Å². The van der Waals surface area contributed by atoms with Crippen molar-refractivity contribution in [3.05, 3.63) is 34.1 Å². The van der Waals surface area contributed by atoms with Crippen molar-refractivity contribution in [1.29, 1.82) is 0 Å². The van der Waals surface area contributed by atoms with Gasteiger partial charge in [-0.2, -0.15) is 0 Å². The number of halogens is 2. The average molecular weight is 401 g/mol. The lowest BCUT2D eigenvalue weighted by atomic mass is 10.0. The Balaban J connectivity index is 1.80. The summed E-state index contributed by atoms with van der Waals surface area (Å²) in [6, 6.07) is 5.40. The molecule has 0 saturated heterocycles. The summed E-state index contributed by atoms with van der Waals surface area (Å²) in [5, 5.41) is 6.40. The van der Waals surface area contributed by atoms with E-state index >= 15 is 0 Å². The number of hydrogen-bond donors (Lipinski definition) is 2. The first-order chi connectivity index (χ1) is 11.2. The number of nitrogens with one attached hydrogen (secondary N) is 2. The van der Waals surface area contributed by atoms with Crippen LogP contribution in [0.2, 0.25) is 0 Å². The standard InChI is InChI=1S/C18H26BrFN2O2/c1-18(2,3)24-17(23)22-11-13-5-4-6-16(13)21-10-12-7-8-15(20)14(19)9-12/h7-9,13,16,21H,4-6,10-11H2,1-3H3,(H,22,23). The first-order valence-electron chi connectivity index (χ1n) is 8.39. The second-order valence-corrected chi connectivity index (χ2v) is 8.16. The zero-order chi connectivity index (χ0) is 17.7. The van der Waals surface area contributed by atoms with E-state index in [0.717, 1.165) is 24.8 Å². The summed E-state index contributed by atoms with van der Waals surface area (Å²) in [6.45, 7) is 6.86. The molecular formula is C18H26BrFN2O2. The molecular weight excluding hydrogens is 375 g/mol. The van der Waals surface area contributed by atoms with Crippen molar-refractivity contribution >= 4 is 22.0 Å². The molecule has 4 nitrogen and oxygen atoms in total. The summed E-state index contributed by atoms with van der Waals surface area (Å²) >= 11 is 3.21. The highest BCUT2D eigenvalue weighted by Crippen LogP contribution is 2.26. The van der Waals surface area contributed by atoms with Gasteiger partial charge in [-0.3, -0.25) is 0 Å². The molecule has 1 aromatic carbocycles. The highest BCUT2D eigenvalue weighted by atomic mass is 79.9. The fraction of sp³-hybridized carbons (Fsp3) is 0.611. The molecule has 1 aliphatic carbocycles. The molecule has 2 rings (SSSR count). The van der Waals surface area contributed by atoms with Gasteiger partial charge in [-0.15, -0.1) is 0 Å². The lowest BCUT2D eigenvalue weighted by Gasteiger charge is -2.24. The van der Waals surface area contributed by atoms with E-state index in [1.807, 2.05) is 20.8 Å². The third-order valence-electron chi connectivity index (χ3n) is 4.12. The lowest BCUT2D eigenvalue weighted by molar-refractivity contribution is 0.0517. The monoisotopic (exact) mass is 400 g/mol. The Bertz CT molecular complexity index is 575. The van der Waals surface area contributed by atoms with Crippen LogP contribution in [0.3, 0.4) is 0 Å². The maximum absolute atomic E-state index is 13.3. The third-order valence-corrected chi connectivity index (χ3v) is 4.73. The summed E-state index contributed by atoms with van der Waals surface area (Å²) in [6.07, 6.45) is 2.95. The van der Waals surface area contributed by atoms with Gasteiger partial charge in [-0.25, -0.2) is 9.18 Å². The molecule has 0 aliphatic heterocycles. The molecule has 1 aromatic rings. The van der Waals surface area contributed by atoms with Crippen LogP contribution in [0.4, 0.5) is 9.18 Å². The molecule has 1 fully saturated rings. The van der Waals surface area contributed by atoms with Crippen molar-refractivity contribution in [2.75, 3.05) is 6.54 Å². The maximum atomic E-state index is 13.3. The number of amides is 1. The SMILES string of the molecule is CC(C)(C)OC(=O)NCC1CCCC1NCc1ccc(F)c(Br)c1. The number of carbonyl (C=O) groups is 1. The van der Waals surface area contributed by atoms with Crippen LogP contribution >= 0.6 is 15.9 Å². The van der Waals surface area contributed by atoms with E-state index in [9.17, 15) is 9.18 Å². The molecule has 0 bridgehead atoms. The van der Waals surface area contributed by atoms with Crippen LogP contribution in [0.1, 0.15) is 45.6 Å². The number of rotatable bonds is 5. The number of ether oxygens (including phenoxy) is 1.